The third-order valence-electron chi connectivity index (χ3n) is 5.96. The highest BCUT2D eigenvalue weighted by molar-refractivity contribution is 6.05. The predicted octanol–water partition coefficient (Wildman–Crippen LogP) is 1.62. The van der Waals surface area contributed by atoms with E-state index < -0.39 is 23.3 Å². The van der Waals surface area contributed by atoms with Gasteiger partial charge in [0.15, 0.2) is 0 Å². The second-order valence-electron chi connectivity index (χ2n) is 8.18. The summed E-state index contributed by atoms with van der Waals surface area (Å²) >= 11 is 0. The molecule has 1 aromatic carbocycles. The molecule has 0 bridgehead atoms. The largest absolute Gasteiger partial charge is 0.495 e. The molecule has 2 aliphatic heterocycles. The lowest BCUT2D eigenvalue weighted by atomic mass is 9.92. The van der Waals surface area contributed by atoms with Crippen LogP contribution in [0.1, 0.15) is 37.7 Å². The van der Waals surface area contributed by atoms with Gasteiger partial charge in [0.1, 0.15) is 11.6 Å². The standard InChI is InChI=1S/C23H27N5O6/c1-3-34-22(32)13-7-6-10-28(12-13)23-26-19-18(21(31)27-23)14(11-17(29)25-19)20(30)24-15-8-4-5-9-16(15)33-2/h4-5,8-9,13-14H,3,6-7,10-12H2,1-2H3,(H,24,30)(H2,25,26,27,29,31). The van der Waals surface area contributed by atoms with Gasteiger partial charge in [0.05, 0.1) is 36.8 Å². The number of fused-ring (bicyclic) bond motifs is 1. The maximum absolute atomic E-state index is 13.1. The van der Waals surface area contributed by atoms with Gasteiger partial charge in [-0.05, 0) is 31.9 Å². The van der Waals surface area contributed by atoms with Crippen LogP contribution in [-0.2, 0) is 19.1 Å². The molecule has 0 aliphatic carbocycles. The minimum atomic E-state index is -1.02. The van der Waals surface area contributed by atoms with Crippen LogP contribution >= 0.6 is 0 Å². The van der Waals surface area contributed by atoms with E-state index in [1.807, 2.05) is 0 Å². The van der Waals surface area contributed by atoms with Crippen LogP contribution < -0.4 is 25.8 Å². The number of aromatic nitrogens is 2. The van der Waals surface area contributed by atoms with Gasteiger partial charge in [0.25, 0.3) is 5.56 Å². The molecule has 2 aliphatic rings. The van der Waals surface area contributed by atoms with Gasteiger partial charge in [-0.1, -0.05) is 12.1 Å². The third-order valence-corrected chi connectivity index (χ3v) is 5.96. The van der Waals surface area contributed by atoms with Gasteiger partial charge in [-0.15, -0.1) is 0 Å². The van der Waals surface area contributed by atoms with Crippen LogP contribution in [-0.4, -0.2) is 54.6 Å². The number of carbonyl (C=O) groups is 3. The van der Waals surface area contributed by atoms with E-state index >= 15 is 0 Å². The predicted molar refractivity (Wildman–Crippen MR) is 124 cm³/mol. The van der Waals surface area contributed by atoms with E-state index in [0.29, 0.717) is 37.6 Å². The molecule has 2 amide bonds. The number of anilines is 3. The van der Waals surface area contributed by atoms with Crippen molar-refractivity contribution < 1.29 is 23.9 Å². The number of methoxy groups -OCH3 is 1. The van der Waals surface area contributed by atoms with Crippen molar-refractivity contribution in [2.75, 3.05) is 42.3 Å². The lowest BCUT2D eigenvalue weighted by molar-refractivity contribution is -0.148. The maximum atomic E-state index is 13.1. The first-order chi connectivity index (χ1) is 16.4. The highest BCUT2D eigenvalue weighted by Gasteiger charge is 2.36. The van der Waals surface area contributed by atoms with E-state index in [4.69, 9.17) is 9.47 Å². The van der Waals surface area contributed by atoms with Crippen molar-refractivity contribution in [3.8, 4) is 5.75 Å². The van der Waals surface area contributed by atoms with Crippen molar-refractivity contribution >= 4 is 35.2 Å². The van der Waals surface area contributed by atoms with Gasteiger partial charge in [-0.2, -0.15) is 4.98 Å². The number of H-pyrrole nitrogens is 1. The normalized spacial score (nSPS) is 19.6. The smallest absolute Gasteiger partial charge is 0.310 e. The number of carbonyl (C=O) groups excluding carboxylic acids is 3. The minimum absolute atomic E-state index is 0.0495. The molecule has 0 saturated carbocycles. The van der Waals surface area contributed by atoms with E-state index in [0.717, 1.165) is 6.42 Å². The monoisotopic (exact) mass is 469 g/mol. The highest BCUT2D eigenvalue weighted by atomic mass is 16.5. The van der Waals surface area contributed by atoms with Crippen molar-refractivity contribution in [1.82, 2.24) is 9.97 Å². The van der Waals surface area contributed by atoms with Gasteiger partial charge in [0.2, 0.25) is 17.8 Å². The lowest BCUT2D eigenvalue weighted by Crippen LogP contribution is -2.42. The highest BCUT2D eigenvalue weighted by Crippen LogP contribution is 2.32. The molecule has 11 heteroatoms. The van der Waals surface area contributed by atoms with Gasteiger partial charge in [-0.25, -0.2) is 0 Å². The number of para-hydroxylation sites is 2. The number of hydrogen-bond donors (Lipinski definition) is 3. The summed E-state index contributed by atoms with van der Waals surface area (Å²) in [6, 6.07) is 6.87. The fourth-order valence-corrected chi connectivity index (χ4v) is 4.32. The number of piperidine rings is 1. The van der Waals surface area contributed by atoms with Crippen molar-refractivity contribution in [3.05, 3.63) is 40.2 Å². The molecule has 2 atom stereocenters. The van der Waals surface area contributed by atoms with Crippen LogP contribution in [0, 0.1) is 5.92 Å². The molecule has 1 fully saturated rings. The van der Waals surface area contributed by atoms with Gasteiger partial charge < -0.3 is 25.0 Å². The fourth-order valence-electron chi connectivity index (χ4n) is 4.32. The second-order valence-corrected chi connectivity index (χ2v) is 8.18. The quantitative estimate of drug-likeness (QED) is 0.542. The number of amides is 2. The van der Waals surface area contributed by atoms with Crippen LogP contribution in [0.15, 0.2) is 29.1 Å². The van der Waals surface area contributed by atoms with Crippen LogP contribution in [0.4, 0.5) is 17.5 Å². The van der Waals surface area contributed by atoms with Gasteiger partial charge in [0, 0.05) is 19.5 Å². The summed E-state index contributed by atoms with van der Waals surface area (Å²) in [5.41, 5.74) is 0.00926. The first-order valence-corrected chi connectivity index (χ1v) is 11.2. The molecule has 2 aromatic rings. The van der Waals surface area contributed by atoms with E-state index in [2.05, 4.69) is 20.6 Å². The third kappa shape index (κ3) is 4.73. The number of rotatable bonds is 6. The summed E-state index contributed by atoms with van der Waals surface area (Å²) in [6.45, 7) is 2.98. The number of ether oxygens (including phenoxy) is 2. The van der Waals surface area contributed by atoms with E-state index in [1.54, 1.807) is 36.1 Å². The summed E-state index contributed by atoms with van der Waals surface area (Å²) < 4.78 is 10.4. The Balaban J connectivity index is 1.60. The molecule has 1 aromatic heterocycles. The molecular formula is C23H27N5O6. The lowest BCUT2D eigenvalue weighted by Gasteiger charge is -2.32. The Hall–Kier alpha value is -3.89. The van der Waals surface area contributed by atoms with E-state index in [1.165, 1.54) is 7.11 Å². The van der Waals surface area contributed by atoms with Crippen LogP contribution in [0.25, 0.3) is 0 Å². The van der Waals surface area contributed by atoms with E-state index in [-0.39, 0.29) is 35.6 Å². The molecule has 2 unspecified atom stereocenters. The first kappa shape index (κ1) is 23.3. The molecule has 4 rings (SSSR count). The number of esters is 1. The minimum Gasteiger partial charge on any atom is -0.495 e. The summed E-state index contributed by atoms with van der Waals surface area (Å²) in [7, 11) is 1.48. The van der Waals surface area contributed by atoms with Crippen LogP contribution in [0.3, 0.4) is 0 Å². The van der Waals surface area contributed by atoms with Crippen molar-refractivity contribution in [2.24, 2.45) is 5.92 Å². The Morgan fingerprint density at radius 3 is 2.82 bits per heavy atom. The van der Waals surface area contributed by atoms with Gasteiger partial charge in [-0.3, -0.25) is 24.2 Å². The maximum Gasteiger partial charge on any atom is 0.310 e. The molecule has 0 spiro atoms. The van der Waals surface area contributed by atoms with Gasteiger partial charge >= 0.3 is 5.97 Å². The SMILES string of the molecule is CCOC(=O)C1CCCN(c2nc3c(c(=O)[nH]2)C(C(=O)Nc2ccccc2OC)CC(=O)N3)C1. The molecule has 34 heavy (non-hydrogen) atoms. The molecule has 3 heterocycles. The molecule has 0 radical (unpaired) electrons. The summed E-state index contributed by atoms with van der Waals surface area (Å²) in [5.74, 6) is -1.82. The molecule has 3 N–H and O–H groups in total. The summed E-state index contributed by atoms with van der Waals surface area (Å²) in [5, 5.41) is 5.35. The second kappa shape index (κ2) is 9.94. The Morgan fingerprint density at radius 1 is 1.26 bits per heavy atom. The van der Waals surface area contributed by atoms with Crippen LogP contribution in [0.2, 0.25) is 0 Å². The van der Waals surface area contributed by atoms with Crippen molar-refractivity contribution in [1.29, 1.82) is 0 Å². The Labute approximate surface area is 195 Å². The molecular weight excluding hydrogens is 442 g/mol. The molecule has 11 nitrogen and oxygen atoms in total. The number of benzene rings is 1. The fraction of sp³-hybridized carbons (Fsp3) is 0.435. The molecule has 180 valence electrons. The zero-order valence-electron chi connectivity index (χ0n) is 19.1. The Bertz CT molecular complexity index is 1160. The Kier molecular flexibility index (Phi) is 6.80. The first-order valence-electron chi connectivity index (χ1n) is 11.2. The zero-order valence-corrected chi connectivity index (χ0v) is 19.1. The Morgan fingerprint density at radius 2 is 2.06 bits per heavy atom. The van der Waals surface area contributed by atoms with Crippen molar-refractivity contribution in [3.63, 3.8) is 0 Å². The number of aromatic amines is 1. The number of hydrogen-bond acceptors (Lipinski definition) is 8. The summed E-state index contributed by atoms with van der Waals surface area (Å²) in [6.07, 6.45) is 1.22. The zero-order chi connectivity index (χ0) is 24.2. The van der Waals surface area contributed by atoms with E-state index in [9.17, 15) is 19.2 Å². The topological polar surface area (TPSA) is 143 Å². The summed E-state index contributed by atoms with van der Waals surface area (Å²) in [4.78, 5) is 59.7. The molecule has 1 saturated heterocycles. The number of nitrogens with zero attached hydrogens (tertiary/aromatic N) is 2. The van der Waals surface area contributed by atoms with Crippen molar-refractivity contribution in [2.45, 2.75) is 32.1 Å². The average molecular weight is 469 g/mol. The average Bonchev–Trinajstić information content (AvgIpc) is 2.83. The van der Waals surface area contributed by atoms with Crippen LogP contribution in [0.5, 0.6) is 5.75 Å². The number of nitrogens with one attached hydrogen (secondary N) is 3.